The van der Waals surface area contributed by atoms with E-state index in [1.165, 1.54) is 12.1 Å². The monoisotopic (exact) mass is 703 g/mol. The molecule has 0 unspecified atom stereocenters. The quantitative estimate of drug-likeness (QED) is 0.0608. The standard InChI is InChI=1S/C37H46FN7O6/c1-21-17-26(35(48)49)13-15-28(21)24-9-5-22(6-10-24)18-31(34(47)42-27-14-16-29(30(38)19-27)32(39)44-45-40)43-33(46)25-11-7-23(8-12-25)20-41-36(50)51-37(2,3)4/h5-6,9-10,13-17,19,23,25,31,45H,7-8,11-12,18,20,40H2,1-4H3,(H2,39,44)(H,41,50)(H,42,47)(H,43,46)(H,48,49)/t23?,25?,31-/m0/s1. The highest BCUT2D eigenvalue weighted by Crippen LogP contribution is 2.29. The van der Waals surface area contributed by atoms with Crippen molar-refractivity contribution >= 4 is 35.4 Å². The summed E-state index contributed by atoms with van der Waals surface area (Å²) >= 11 is 0. The van der Waals surface area contributed by atoms with E-state index < -0.39 is 35.4 Å². The summed E-state index contributed by atoms with van der Waals surface area (Å²) in [5.41, 5.74) is 10.8. The third kappa shape index (κ3) is 11.0. The van der Waals surface area contributed by atoms with Crippen LogP contribution in [0.25, 0.3) is 11.1 Å². The van der Waals surface area contributed by atoms with Gasteiger partial charge in [-0.3, -0.25) is 9.59 Å². The number of hydrazine groups is 1. The highest BCUT2D eigenvalue weighted by Gasteiger charge is 2.30. The first-order valence-electron chi connectivity index (χ1n) is 16.7. The summed E-state index contributed by atoms with van der Waals surface area (Å²) < 4.78 is 20.2. The molecular weight excluding hydrogens is 657 g/mol. The molecule has 13 nitrogen and oxygen atoms in total. The molecule has 9 N–H and O–H groups in total. The molecule has 0 radical (unpaired) electrons. The Balaban J connectivity index is 1.47. The second kappa shape index (κ2) is 16.9. The van der Waals surface area contributed by atoms with Gasteiger partial charge in [-0.25, -0.2) is 25.4 Å². The third-order valence-corrected chi connectivity index (χ3v) is 8.66. The first-order valence-corrected chi connectivity index (χ1v) is 16.7. The number of amidine groups is 1. The van der Waals surface area contributed by atoms with Crippen molar-refractivity contribution in [1.29, 1.82) is 0 Å². The van der Waals surface area contributed by atoms with Crippen molar-refractivity contribution in [2.24, 2.45) is 28.5 Å². The van der Waals surface area contributed by atoms with Crippen molar-refractivity contribution in [2.45, 2.75) is 71.4 Å². The van der Waals surface area contributed by atoms with Crippen LogP contribution in [0.2, 0.25) is 0 Å². The van der Waals surface area contributed by atoms with E-state index in [0.717, 1.165) is 41.2 Å². The van der Waals surface area contributed by atoms with Gasteiger partial charge >= 0.3 is 12.1 Å². The number of hydrazone groups is 1. The lowest BCUT2D eigenvalue weighted by molar-refractivity contribution is -0.130. The van der Waals surface area contributed by atoms with Gasteiger partial charge in [-0.15, -0.1) is 5.10 Å². The second-order valence-corrected chi connectivity index (χ2v) is 13.7. The molecule has 14 heteroatoms. The first kappa shape index (κ1) is 38.3. The molecule has 0 bridgehead atoms. The van der Waals surface area contributed by atoms with E-state index in [0.29, 0.717) is 19.4 Å². The van der Waals surface area contributed by atoms with E-state index >= 15 is 0 Å². The minimum atomic E-state index is -1.00. The van der Waals surface area contributed by atoms with E-state index in [1.807, 2.05) is 36.7 Å². The topological polar surface area (TPSA) is 210 Å². The third-order valence-electron chi connectivity index (χ3n) is 8.66. The highest BCUT2D eigenvalue weighted by molar-refractivity contribution is 6.00. The van der Waals surface area contributed by atoms with Crippen LogP contribution in [-0.4, -0.2) is 53.0 Å². The highest BCUT2D eigenvalue weighted by atomic mass is 19.1. The Morgan fingerprint density at radius 1 is 1.00 bits per heavy atom. The summed E-state index contributed by atoms with van der Waals surface area (Å²) in [5.74, 6) is 2.29. The predicted molar refractivity (Wildman–Crippen MR) is 192 cm³/mol. The number of nitrogens with one attached hydrogen (secondary N) is 4. The van der Waals surface area contributed by atoms with Gasteiger partial charge in [0.1, 0.15) is 17.5 Å². The SMILES string of the molecule is Cc1cc(C(=O)O)ccc1-c1ccc(C[C@H](NC(=O)C2CCC(CNC(=O)OC(C)(C)C)CC2)C(=O)Nc2ccc(/C(N)=N/NN)c(F)c2)cc1. The van der Waals surface area contributed by atoms with Gasteiger partial charge in [0.05, 0.1) is 11.1 Å². The minimum absolute atomic E-state index is 0.0133. The Hall–Kier alpha value is -5.50. The molecule has 1 aliphatic rings. The number of aryl methyl sites for hydroxylation is 1. The molecule has 3 aromatic rings. The Labute approximate surface area is 296 Å². The van der Waals surface area contributed by atoms with E-state index in [2.05, 4.69) is 21.1 Å². The minimum Gasteiger partial charge on any atom is -0.478 e. The first-order chi connectivity index (χ1) is 24.1. The lowest BCUT2D eigenvalue weighted by Crippen LogP contribution is -2.48. The molecule has 0 aliphatic heterocycles. The molecular formula is C37H46FN7O6. The Morgan fingerprint density at radius 2 is 1.69 bits per heavy atom. The molecule has 0 saturated heterocycles. The summed E-state index contributed by atoms with van der Waals surface area (Å²) in [6.07, 6.45) is 2.28. The van der Waals surface area contributed by atoms with Crippen LogP contribution in [0.5, 0.6) is 0 Å². The molecule has 1 fully saturated rings. The molecule has 272 valence electrons. The van der Waals surface area contributed by atoms with Crippen LogP contribution < -0.4 is 33.1 Å². The maximum Gasteiger partial charge on any atom is 0.407 e. The normalized spacial score (nSPS) is 16.8. The number of benzene rings is 3. The maximum atomic E-state index is 14.8. The Morgan fingerprint density at radius 3 is 2.27 bits per heavy atom. The molecule has 1 aliphatic carbocycles. The summed E-state index contributed by atoms with van der Waals surface area (Å²) in [5, 5.41) is 21.3. The van der Waals surface area contributed by atoms with Crippen LogP contribution in [-0.2, 0) is 20.7 Å². The van der Waals surface area contributed by atoms with Crippen LogP contribution in [0, 0.1) is 24.6 Å². The van der Waals surface area contributed by atoms with Gasteiger partial charge < -0.3 is 31.5 Å². The second-order valence-electron chi connectivity index (χ2n) is 13.7. The Kier molecular flexibility index (Phi) is 12.7. The lowest BCUT2D eigenvalue weighted by Gasteiger charge is -2.29. The van der Waals surface area contributed by atoms with Gasteiger partial charge in [0.15, 0.2) is 5.84 Å². The number of aromatic carboxylic acids is 1. The number of carbonyl (C=O) groups excluding carboxylic acids is 3. The summed E-state index contributed by atoms with van der Waals surface area (Å²) in [6.45, 7) is 7.68. The van der Waals surface area contributed by atoms with Crippen LogP contribution in [0.1, 0.15) is 73.5 Å². The molecule has 4 rings (SSSR count). The van der Waals surface area contributed by atoms with Crippen molar-refractivity contribution in [3.63, 3.8) is 0 Å². The van der Waals surface area contributed by atoms with E-state index in [4.69, 9.17) is 16.3 Å². The zero-order valence-corrected chi connectivity index (χ0v) is 29.2. The molecule has 1 atom stereocenters. The number of hydrogen-bond donors (Lipinski definition) is 7. The number of halogens is 1. The largest absolute Gasteiger partial charge is 0.478 e. The fraction of sp³-hybridized carbons (Fsp3) is 0.378. The summed E-state index contributed by atoms with van der Waals surface area (Å²) in [4.78, 5) is 50.7. The number of hydrogen-bond acceptors (Lipinski definition) is 8. The molecule has 0 heterocycles. The number of nitrogens with zero attached hydrogens (tertiary/aromatic N) is 1. The van der Waals surface area contributed by atoms with Crippen LogP contribution >= 0.6 is 0 Å². The maximum absolute atomic E-state index is 14.8. The average Bonchev–Trinajstić information content (AvgIpc) is 3.07. The van der Waals surface area contributed by atoms with E-state index in [-0.39, 0.29) is 46.8 Å². The molecule has 0 aromatic heterocycles. The van der Waals surface area contributed by atoms with Crippen molar-refractivity contribution < 1.29 is 33.4 Å². The molecule has 3 aromatic carbocycles. The summed E-state index contributed by atoms with van der Waals surface area (Å²) in [6, 6.07) is 15.3. The predicted octanol–water partition coefficient (Wildman–Crippen LogP) is 4.58. The molecule has 3 amide bonds. The van der Waals surface area contributed by atoms with Crippen molar-refractivity contribution in [3.8, 4) is 11.1 Å². The van der Waals surface area contributed by atoms with Crippen LogP contribution in [0.4, 0.5) is 14.9 Å². The number of nitrogens with two attached hydrogens (primary N) is 2. The van der Waals surface area contributed by atoms with Crippen LogP contribution in [0.15, 0.2) is 65.8 Å². The number of carbonyl (C=O) groups is 4. The van der Waals surface area contributed by atoms with Crippen LogP contribution in [0.3, 0.4) is 0 Å². The zero-order valence-electron chi connectivity index (χ0n) is 29.2. The lowest BCUT2D eigenvalue weighted by atomic mass is 9.81. The van der Waals surface area contributed by atoms with Gasteiger partial charge in [-0.2, -0.15) is 0 Å². The smallest absolute Gasteiger partial charge is 0.407 e. The number of amides is 3. The molecule has 51 heavy (non-hydrogen) atoms. The Bertz CT molecular complexity index is 1770. The van der Waals surface area contributed by atoms with E-state index in [1.54, 1.807) is 39.0 Å². The van der Waals surface area contributed by atoms with Gasteiger partial charge in [-0.05, 0) is 112 Å². The fourth-order valence-corrected chi connectivity index (χ4v) is 6.01. The number of alkyl carbamates (subject to hydrolysis) is 1. The summed E-state index contributed by atoms with van der Waals surface area (Å²) in [7, 11) is 0. The number of rotatable bonds is 12. The van der Waals surface area contributed by atoms with Crippen molar-refractivity contribution in [2.75, 3.05) is 11.9 Å². The van der Waals surface area contributed by atoms with E-state index in [9.17, 15) is 28.7 Å². The number of ether oxygens (including phenoxy) is 1. The molecule has 0 spiro atoms. The number of anilines is 1. The van der Waals surface area contributed by atoms with Gasteiger partial charge in [-0.1, -0.05) is 30.3 Å². The van der Waals surface area contributed by atoms with Gasteiger partial charge in [0, 0.05) is 24.6 Å². The van der Waals surface area contributed by atoms with Gasteiger partial charge in [0.25, 0.3) is 0 Å². The fourth-order valence-electron chi connectivity index (χ4n) is 6.01. The number of carboxylic acid groups (broad SMARTS) is 1. The number of carboxylic acids is 1. The molecule has 1 saturated carbocycles. The van der Waals surface area contributed by atoms with Crippen molar-refractivity contribution in [3.05, 3.63) is 88.7 Å². The average molecular weight is 704 g/mol. The van der Waals surface area contributed by atoms with Gasteiger partial charge in [0.2, 0.25) is 11.8 Å². The zero-order chi connectivity index (χ0) is 37.3. The van der Waals surface area contributed by atoms with Crippen molar-refractivity contribution in [1.82, 2.24) is 16.2 Å².